The number of benzene rings is 1. The van der Waals surface area contributed by atoms with Gasteiger partial charge in [0.15, 0.2) is 0 Å². The Morgan fingerprint density at radius 2 is 2.09 bits per heavy atom. The van der Waals surface area contributed by atoms with Crippen LogP contribution in [0.2, 0.25) is 0 Å². The van der Waals surface area contributed by atoms with Crippen molar-refractivity contribution < 1.29 is 9.18 Å². The van der Waals surface area contributed by atoms with Crippen LogP contribution in [-0.4, -0.2) is 27.4 Å². The van der Waals surface area contributed by atoms with Crippen LogP contribution in [-0.2, 0) is 11.2 Å². The predicted molar refractivity (Wildman–Crippen MR) is 82.1 cm³/mol. The van der Waals surface area contributed by atoms with Gasteiger partial charge in [-0.15, -0.1) is 0 Å². The van der Waals surface area contributed by atoms with Crippen LogP contribution in [0.25, 0.3) is 0 Å². The van der Waals surface area contributed by atoms with Crippen molar-refractivity contribution in [1.82, 2.24) is 15.0 Å². The molecule has 0 aliphatic carbocycles. The van der Waals surface area contributed by atoms with Gasteiger partial charge < -0.3 is 5.32 Å². The normalized spacial score (nSPS) is 11.8. The Kier molecular flexibility index (Phi) is 5.35. The first kappa shape index (κ1) is 15.8. The lowest BCUT2D eigenvalue weighted by Crippen LogP contribution is -2.18. The number of nitrogens with one attached hydrogen (secondary N) is 2. The highest BCUT2D eigenvalue weighted by molar-refractivity contribution is 5.66. The van der Waals surface area contributed by atoms with E-state index in [9.17, 15) is 9.18 Å². The molecule has 0 saturated carbocycles. The summed E-state index contributed by atoms with van der Waals surface area (Å²) in [5.41, 5.74) is 1.74. The molecule has 0 aliphatic rings. The summed E-state index contributed by atoms with van der Waals surface area (Å²) in [5.74, 6) is 0.372. The van der Waals surface area contributed by atoms with E-state index in [-0.39, 0.29) is 17.8 Å². The number of carbonyl (C=O) groups is 1. The number of carbonyl (C=O) groups excluding carboxylic acids is 1. The number of hydrogen-bond acceptors (Lipinski definition) is 5. The SMILES string of the molecule is Cc1ccc(F)c(CCC(C)Nc2ncnc(NC=O)n2)c1. The molecule has 0 spiro atoms. The first-order chi connectivity index (χ1) is 10.6. The molecule has 0 saturated heterocycles. The molecule has 2 rings (SSSR count). The maximum atomic E-state index is 13.7. The molecule has 6 nitrogen and oxygen atoms in total. The molecule has 2 N–H and O–H groups in total. The van der Waals surface area contributed by atoms with Gasteiger partial charge in [-0.3, -0.25) is 10.1 Å². The van der Waals surface area contributed by atoms with E-state index < -0.39 is 0 Å². The van der Waals surface area contributed by atoms with Gasteiger partial charge >= 0.3 is 0 Å². The second kappa shape index (κ2) is 7.44. The highest BCUT2D eigenvalue weighted by Gasteiger charge is 2.08. The minimum Gasteiger partial charge on any atom is -0.352 e. The Morgan fingerprint density at radius 3 is 2.86 bits per heavy atom. The van der Waals surface area contributed by atoms with Crippen molar-refractivity contribution >= 4 is 18.3 Å². The second-order valence-corrected chi connectivity index (χ2v) is 5.07. The molecule has 0 radical (unpaired) electrons. The van der Waals surface area contributed by atoms with E-state index in [0.29, 0.717) is 24.3 Å². The van der Waals surface area contributed by atoms with E-state index in [0.717, 1.165) is 12.0 Å². The van der Waals surface area contributed by atoms with Gasteiger partial charge in [-0.1, -0.05) is 17.7 Å². The highest BCUT2D eigenvalue weighted by Crippen LogP contribution is 2.14. The fourth-order valence-corrected chi connectivity index (χ4v) is 2.05. The molecule has 0 fully saturated rings. The van der Waals surface area contributed by atoms with Crippen LogP contribution >= 0.6 is 0 Å². The molecule has 0 bridgehead atoms. The fraction of sp³-hybridized carbons (Fsp3) is 0.333. The molecule has 7 heteroatoms. The number of anilines is 2. The summed E-state index contributed by atoms with van der Waals surface area (Å²) >= 11 is 0. The number of rotatable bonds is 7. The summed E-state index contributed by atoms with van der Waals surface area (Å²) in [5, 5.41) is 5.46. The summed E-state index contributed by atoms with van der Waals surface area (Å²) in [7, 11) is 0. The van der Waals surface area contributed by atoms with Crippen molar-refractivity contribution in [2.75, 3.05) is 10.6 Å². The third-order valence-electron chi connectivity index (χ3n) is 3.18. The number of amides is 1. The lowest BCUT2D eigenvalue weighted by molar-refractivity contribution is -0.105. The molecule has 22 heavy (non-hydrogen) atoms. The summed E-state index contributed by atoms with van der Waals surface area (Å²) in [6.07, 6.45) is 3.16. The Morgan fingerprint density at radius 1 is 1.32 bits per heavy atom. The number of hydrogen-bond donors (Lipinski definition) is 2. The van der Waals surface area contributed by atoms with Crippen molar-refractivity contribution in [2.45, 2.75) is 32.7 Å². The topological polar surface area (TPSA) is 79.8 Å². The first-order valence-corrected chi connectivity index (χ1v) is 6.99. The Labute approximate surface area is 128 Å². The van der Waals surface area contributed by atoms with Gasteiger partial charge in [0.2, 0.25) is 18.3 Å². The van der Waals surface area contributed by atoms with Gasteiger partial charge in [-0.25, -0.2) is 14.4 Å². The predicted octanol–water partition coefficient (Wildman–Crippen LogP) is 2.32. The third kappa shape index (κ3) is 4.47. The molecular weight excluding hydrogens is 285 g/mol. The van der Waals surface area contributed by atoms with E-state index in [1.807, 2.05) is 19.9 Å². The Hall–Kier alpha value is -2.57. The van der Waals surface area contributed by atoms with Crippen LogP contribution in [0.1, 0.15) is 24.5 Å². The second-order valence-electron chi connectivity index (χ2n) is 5.07. The Balaban J connectivity index is 1.92. The fourth-order valence-electron chi connectivity index (χ4n) is 2.05. The van der Waals surface area contributed by atoms with Gasteiger partial charge in [-0.2, -0.15) is 4.98 Å². The molecule has 1 aromatic carbocycles. The van der Waals surface area contributed by atoms with Crippen molar-refractivity contribution in [1.29, 1.82) is 0 Å². The van der Waals surface area contributed by atoms with E-state index >= 15 is 0 Å². The first-order valence-electron chi connectivity index (χ1n) is 6.99. The average Bonchev–Trinajstić information content (AvgIpc) is 2.49. The molecule has 1 unspecified atom stereocenters. The van der Waals surface area contributed by atoms with Gasteiger partial charge in [0.1, 0.15) is 12.1 Å². The smallest absolute Gasteiger partial charge is 0.233 e. The van der Waals surface area contributed by atoms with Crippen LogP contribution in [0.4, 0.5) is 16.3 Å². The third-order valence-corrected chi connectivity index (χ3v) is 3.18. The van der Waals surface area contributed by atoms with Crippen LogP contribution in [0, 0.1) is 12.7 Å². The van der Waals surface area contributed by atoms with E-state index in [1.54, 1.807) is 6.07 Å². The Bertz CT molecular complexity index is 650. The molecular formula is C15H18FN5O. The number of nitrogens with zero attached hydrogens (tertiary/aromatic N) is 3. The molecule has 1 atom stereocenters. The van der Waals surface area contributed by atoms with Crippen LogP contribution in [0.3, 0.4) is 0 Å². The van der Waals surface area contributed by atoms with Gasteiger partial charge in [0.05, 0.1) is 0 Å². The summed E-state index contributed by atoms with van der Waals surface area (Å²) in [4.78, 5) is 22.2. The zero-order valence-electron chi connectivity index (χ0n) is 12.5. The average molecular weight is 303 g/mol. The minimum absolute atomic E-state index is 0.0476. The largest absolute Gasteiger partial charge is 0.352 e. The van der Waals surface area contributed by atoms with E-state index in [2.05, 4.69) is 25.6 Å². The van der Waals surface area contributed by atoms with E-state index in [4.69, 9.17) is 0 Å². The molecule has 1 heterocycles. The number of aromatic nitrogens is 3. The zero-order chi connectivity index (χ0) is 15.9. The number of aryl methyl sites for hydroxylation is 2. The van der Waals surface area contributed by atoms with Crippen molar-refractivity contribution in [3.05, 3.63) is 41.5 Å². The van der Waals surface area contributed by atoms with Crippen molar-refractivity contribution in [3.63, 3.8) is 0 Å². The molecule has 0 aliphatic heterocycles. The lowest BCUT2D eigenvalue weighted by atomic mass is 10.0. The van der Waals surface area contributed by atoms with Crippen LogP contribution in [0.5, 0.6) is 0 Å². The van der Waals surface area contributed by atoms with Crippen LogP contribution in [0.15, 0.2) is 24.5 Å². The molecule has 1 amide bonds. The maximum absolute atomic E-state index is 13.7. The standard InChI is InChI=1S/C15H18FN5O/c1-10-3-6-13(16)12(7-10)5-4-11(2)20-15-18-8-17-14(21-15)19-9-22/h3,6-9,11H,4-5H2,1-2H3,(H2,17,18,19,20,21,22). The van der Waals surface area contributed by atoms with Crippen molar-refractivity contribution in [3.8, 4) is 0 Å². The molecule has 1 aromatic heterocycles. The van der Waals surface area contributed by atoms with E-state index in [1.165, 1.54) is 12.4 Å². The zero-order valence-corrected chi connectivity index (χ0v) is 12.5. The monoisotopic (exact) mass is 303 g/mol. The number of halogens is 1. The van der Waals surface area contributed by atoms with Gasteiger partial charge in [0, 0.05) is 6.04 Å². The van der Waals surface area contributed by atoms with Gasteiger partial charge in [0.25, 0.3) is 0 Å². The highest BCUT2D eigenvalue weighted by atomic mass is 19.1. The maximum Gasteiger partial charge on any atom is 0.233 e. The summed E-state index contributed by atoms with van der Waals surface area (Å²) in [6, 6.07) is 5.15. The quantitative estimate of drug-likeness (QED) is 0.767. The summed E-state index contributed by atoms with van der Waals surface area (Å²) < 4.78 is 13.7. The van der Waals surface area contributed by atoms with Crippen molar-refractivity contribution in [2.24, 2.45) is 0 Å². The minimum atomic E-state index is -0.185. The van der Waals surface area contributed by atoms with Crippen LogP contribution < -0.4 is 10.6 Å². The molecule has 116 valence electrons. The molecule has 2 aromatic rings. The summed E-state index contributed by atoms with van der Waals surface area (Å²) in [6.45, 7) is 3.90. The lowest BCUT2D eigenvalue weighted by Gasteiger charge is -2.14. The van der Waals surface area contributed by atoms with Gasteiger partial charge in [-0.05, 0) is 38.3 Å².